The van der Waals surface area contributed by atoms with E-state index < -0.39 is 0 Å². The van der Waals surface area contributed by atoms with E-state index in [-0.39, 0.29) is 11.8 Å². The second kappa shape index (κ2) is 10.3. The van der Waals surface area contributed by atoms with Crippen LogP contribution in [0.1, 0.15) is 36.8 Å². The van der Waals surface area contributed by atoms with Crippen LogP contribution in [0, 0.1) is 5.92 Å². The highest BCUT2D eigenvalue weighted by Crippen LogP contribution is 2.26. The number of amides is 1. The van der Waals surface area contributed by atoms with Gasteiger partial charge in [-0.15, -0.1) is 0 Å². The predicted octanol–water partition coefficient (Wildman–Crippen LogP) is 4.51. The zero-order chi connectivity index (χ0) is 20.8. The number of aryl methyl sites for hydroxylation is 1. The van der Waals surface area contributed by atoms with E-state index in [1.165, 1.54) is 29.7 Å². The van der Waals surface area contributed by atoms with Gasteiger partial charge < -0.3 is 10.2 Å². The van der Waals surface area contributed by atoms with Crippen LogP contribution in [0.15, 0.2) is 48.5 Å². The lowest BCUT2D eigenvalue weighted by Crippen LogP contribution is -2.41. The Kier molecular flexibility index (Phi) is 7.29. The lowest BCUT2D eigenvalue weighted by atomic mass is 9.95. The van der Waals surface area contributed by atoms with Gasteiger partial charge in [-0.1, -0.05) is 48.0 Å². The second-order valence-corrected chi connectivity index (χ2v) is 8.91. The van der Waals surface area contributed by atoms with Crippen molar-refractivity contribution in [3.8, 4) is 0 Å². The summed E-state index contributed by atoms with van der Waals surface area (Å²) in [6.07, 6.45) is 5.24. The Morgan fingerprint density at radius 1 is 1.03 bits per heavy atom. The number of likely N-dealkylation sites (tertiary alicyclic amines) is 1. The van der Waals surface area contributed by atoms with Crippen LogP contribution in [-0.2, 0) is 17.8 Å². The lowest BCUT2D eigenvalue weighted by molar-refractivity contribution is -0.126. The summed E-state index contributed by atoms with van der Waals surface area (Å²) in [5, 5.41) is 4.01. The van der Waals surface area contributed by atoms with E-state index in [0.717, 1.165) is 63.6 Å². The SMILES string of the molecule is O=C(NCCCN1CCCc2ccccc21)C1CCN(Cc2ccccc2Cl)CC1. The molecular weight excluding hydrogens is 394 g/mol. The third-order valence-corrected chi connectivity index (χ3v) is 6.79. The fourth-order valence-electron chi connectivity index (χ4n) is 4.69. The van der Waals surface area contributed by atoms with E-state index in [1.807, 2.05) is 18.2 Å². The van der Waals surface area contributed by atoms with E-state index >= 15 is 0 Å². The number of para-hydroxylation sites is 1. The molecule has 0 spiro atoms. The molecule has 2 aliphatic heterocycles. The minimum Gasteiger partial charge on any atom is -0.371 e. The van der Waals surface area contributed by atoms with E-state index in [1.54, 1.807) is 0 Å². The standard InChI is InChI=1S/C25H32ClN3O/c26-23-10-3-1-8-22(23)19-28-17-12-21(13-18-28)25(30)27-14-6-16-29-15-5-9-20-7-2-4-11-24(20)29/h1-4,7-8,10-11,21H,5-6,9,12-19H2,(H,27,30). The van der Waals surface area contributed by atoms with Crippen LogP contribution in [0.5, 0.6) is 0 Å². The zero-order valence-corrected chi connectivity index (χ0v) is 18.4. The molecule has 4 nitrogen and oxygen atoms in total. The average Bonchev–Trinajstić information content (AvgIpc) is 2.79. The van der Waals surface area contributed by atoms with Crippen molar-refractivity contribution in [3.05, 3.63) is 64.7 Å². The van der Waals surface area contributed by atoms with Crippen molar-refractivity contribution in [2.75, 3.05) is 37.6 Å². The van der Waals surface area contributed by atoms with Crippen LogP contribution >= 0.6 is 11.6 Å². The molecule has 4 rings (SSSR count). The summed E-state index contributed by atoms with van der Waals surface area (Å²) in [4.78, 5) is 17.5. The van der Waals surface area contributed by atoms with Crippen LogP contribution in [-0.4, -0.2) is 43.5 Å². The van der Waals surface area contributed by atoms with Crippen molar-refractivity contribution in [1.29, 1.82) is 0 Å². The van der Waals surface area contributed by atoms with E-state index in [9.17, 15) is 4.79 Å². The normalized spacial score (nSPS) is 17.6. The number of carbonyl (C=O) groups excluding carboxylic acids is 1. The molecule has 30 heavy (non-hydrogen) atoms. The monoisotopic (exact) mass is 425 g/mol. The first kappa shape index (κ1) is 21.2. The topological polar surface area (TPSA) is 35.6 Å². The predicted molar refractivity (Wildman–Crippen MR) is 124 cm³/mol. The molecule has 1 fully saturated rings. The van der Waals surface area contributed by atoms with Crippen molar-refractivity contribution < 1.29 is 4.79 Å². The number of anilines is 1. The van der Waals surface area contributed by atoms with Crippen LogP contribution in [0.25, 0.3) is 0 Å². The first-order valence-electron chi connectivity index (χ1n) is 11.3. The number of rotatable bonds is 7. The van der Waals surface area contributed by atoms with E-state index in [0.29, 0.717) is 0 Å². The van der Waals surface area contributed by atoms with Gasteiger partial charge in [0.1, 0.15) is 0 Å². The molecule has 1 amide bonds. The molecule has 0 aromatic heterocycles. The first-order valence-corrected chi connectivity index (χ1v) is 11.6. The van der Waals surface area contributed by atoms with E-state index in [4.69, 9.17) is 11.6 Å². The summed E-state index contributed by atoms with van der Waals surface area (Å²) in [5.74, 6) is 0.370. The number of piperidine rings is 1. The van der Waals surface area contributed by atoms with Gasteiger partial charge in [-0.05, 0) is 68.5 Å². The fourth-order valence-corrected chi connectivity index (χ4v) is 4.89. The quantitative estimate of drug-likeness (QED) is 0.663. The maximum Gasteiger partial charge on any atom is 0.223 e. The van der Waals surface area contributed by atoms with Crippen LogP contribution < -0.4 is 10.2 Å². The number of hydrogen-bond donors (Lipinski definition) is 1. The van der Waals surface area contributed by atoms with E-state index in [2.05, 4.69) is 45.4 Å². The van der Waals surface area contributed by atoms with Crippen molar-refractivity contribution in [2.45, 2.75) is 38.6 Å². The molecule has 0 bridgehead atoms. The molecule has 5 heteroatoms. The molecule has 160 valence electrons. The molecule has 0 aliphatic carbocycles. The number of nitrogens with zero attached hydrogens (tertiary/aromatic N) is 2. The number of hydrogen-bond acceptors (Lipinski definition) is 3. The zero-order valence-electron chi connectivity index (χ0n) is 17.7. The maximum absolute atomic E-state index is 12.6. The third-order valence-electron chi connectivity index (χ3n) is 6.42. The molecule has 0 radical (unpaired) electrons. The number of fused-ring (bicyclic) bond motifs is 1. The smallest absolute Gasteiger partial charge is 0.223 e. The number of benzene rings is 2. The molecule has 2 aromatic rings. The molecule has 2 heterocycles. The number of nitrogens with one attached hydrogen (secondary N) is 1. The molecule has 2 aliphatic rings. The minimum absolute atomic E-state index is 0.142. The Labute approximate surface area is 185 Å². The fraction of sp³-hybridized carbons (Fsp3) is 0.480. The highest BCUT2D eigenvalue weighted by atomic mass is 35.5. The van der Waals surface area contributed by atoms with Gasteiger partial charge in [0.25, 0.3) is 0 Å². The summed E-state index contributed by atoms with van der Waals surface area (Å²) in [6.45, 7) is 5.66. The summed E-state index contributed by atoms with van der Waals surface area (Å²) in [5.41, 5.74) is 4.00. The Morgan fingerprint density at radius 2 is 1.80 bits per heavy atom. The highest BCUT2D eigenvalue weighted by Gasteiger charge is 2.25. The summed E-state index contributed by atoms with van der Waals surface area (Å²) >= 11 is 6.28. The third kappa shape index (κ3) is 5.35. The van der Waals surface area contributed by atoms with Gasteiger partial charge in [-0.2, -0.15) is 0 Å². The van der Waals surface area contributed by atoms with Gasteiger partial charge in [-0.3, -0.25) is 9.69 Å². The molecule has 0 unspecified atom stereocenters. The van der Waals surface area contributed by atoms with Gasteiger partial charge >= 0.3 is 0 Å². The largest absolute Gasteiger partial charge is 0.371 e. The first-order chi connectivity index (χ1) is 14.7. The van der Waals surface area contributed by atoms with Gasteiger partial charge in [0.15, 0.2) is 0 Å². The van der Waals surface area contributed by atoms with Crippen LogP contribution in [0.2, 0.25) is 5.02 Å². The molecule has 1 N–H and O–H groups in total. The Bertz CT molecular complexity index is 848. The maximum atomic E-state index is 12.6. The van der Waals surface area contributed by atoms with Gasteiger partial charge in [0, 0.05) is 42.8 Å². The lowest BCUT2D eigenvalue weighted by Gasteiger charge is -2.32. The summed E-state index contributed by atoms with van der Waals surface area (Å²) in [7, 11) is 0. The van der Waals surface area contributed by atoms with Gasteiger partial charge in [0.05, 0.1) is 0 Å². The van der Waals surface area contributed by atoms with Crippen LogP contribution in [0.3, 0.4) is 0 Å². The highest BCUT2D eigenvalue weighted by molar-refractivity contribution is 6.31. The summed E-state index contributed by atoms with van der Waals surface area (Å²) < 4.78 is 0. The molecule has 0 saturated carbocycles. The average molecular weight is 426 g/mol. The Balaban J connectivity index is 1.16. The minimum atomic E-state index is 0.142. The van der Waals surface area contributed by atoms with Gasteiger partial charge in [0.2, 0.25) is 5.91 Å². The number of halogens is 1. The number of carbonyl (C=O) groups is 1. The molecule has 0 atom stereocenters. The Morgan fingerprint density at radius 3 is 2.63 bits per heavy atom. The summed E-state index contributed by atoms with van der Waals surface area (Å²) in [6, 6.07) is 16.7. The second-order valence-electron chi connectivity index (χ2n) is 8.51. The molecule has 1 saturated heterocycles. The van der Waals surface area contributed by atoms with Crippen molar-refractivity contribution >= 4 is 23.2 Å². The van der Waals surface area contributed by atoms with Gasteiger partial charge in [-0.25, -0.2) is 0 Å². The molecule has 2 aromatic carbocycles. The van der Waals surface area contributed by atoms with Crippen molar-refractivity contribution in [1.82, 2.24) is 10.2 Å². The Hall–Kier alpha value is -2.04. The van der Waals surface area contributed by atoms with Crippen molar-refractivity contribution in [3.63, 3.8) is 0 Å². The van der Waals surface area contributed by atoms with Crippen LogP contribution in [0.4, 0.5) is 5.69 Å². The van der Waals surface area contributed by atoms with Crippen molar-refractivity contribution in [2.24, 2.45) is 5.92 Å². The molecular formula is C25H32ClN3O.